The van der Waals surface area contributed by atoms with Gasteiger partial charge in [-0.05, 0) is 46.8 Å². The predicted molar refractivity (Wildman–Crippen MR) is 97.6 cm³/mol. The quantitative estimate of drug-likeness (QED) is 0.856. The molecule has 6 heteroatoms. The first-order valence-electron chi connectivity index (χ1n) is 8.56. The van der Waals surface area contributed by atoms with Crippen molar-refractivity contribution in [3.8, 4) is 0 Å². The molecule has 2 N–H and O–H groups in total. The van der Waals surface area contributed by atoms with E-state index in [0.29, 0.717) is 19.0 Å². The molecule has 24 heavy (non-hydrogen) atoms. The van der Waals surface area contributed by atoms with Crippen LogP contribution in [0.2, 0.25) is 0 Å². The van der Waals surface area contributed by atoms with Gasteiger partial charge in [-0.15, -0.1) is 0 Å². The number of halogens is 1. The number of benzene rings is 1. The highest BCUT2D eigenvalue weighted by Crippen LogP contribution is 2.33. The molecule has 2 aliphatic rings. The molecule has 3 atom stereocenters. The minimum atomic E-state index is -0.271. The van der Waals surface area contributed by atoms with Gasteiger partial charge in [0.15, 0.2) is 0 Å². The smallest absolute Gasteiger partial charge is 0.228 e. The van der Waals surface area contributed by atoms with Crippen molar-refractivity contribution in [2.75, 3.05) is 24.5 Å². The SMILES string of the molecule is CC1CCN(C(=O)C2CC(=O)N(c3ccccc3Br)C2)C(CN)C1. The van der Waals surface area contributed by atoms with E-state index < -0.39 is 0 Å². The van der Waals surface area contributed by atoms with Gasteiger partial charge in [-0.1, -0.05) is 19.1 Å². The lowest BCUT2D eigenvalue weighted by Crippen LogP contribution is -2.51. The zero-order valence-electron chi connectivity index (χ0n) is 14.0. The standard InChI is InChI=1S/C18H24BrN3O2/c1-12-6-7-21(14(8-12)10-20)18(24)13-9-17(23)22(11-13)16-5-3-2-4-15(16)19/h2-5,12-14H,6-11,20H2,1H3. The molecular formula is C18H24BrN3O2. The number of rotatable bonds is 3. The van der Waals surface area contributed by atoms with Crippen molar-refractivity contribution in [1.82, 2.24) is 4.90 Å². The molecule has 2 heterocycles. The summed E-state index contributed by atoms with van der Waals surface area (Å²) in [6, 6.07) is 7.74. The zero-order chi connectivity index (χ0) is 17.3. The Kier molecular flexibility index (Phi) is 5.25. The largest absolute Gasteiger partial charge is 0.338 e. The average molecular weight is 394 g/mol. The Morgan fingerprint density at radius 1 is 1.38 bits per heavy atom. The number of nitrogens with zero attached hydrogens (tertiary/aromatic N) is 2. The van der Waals surface area contributed by atoms with Crippen LogP contribution in [0.3, 0.4) is 0 Å². The van der Waals surface area contributed by atoms with Crippen LogP contribution in [-0.2, 0) is 9.59 Å². The van der Waals surface area contributed by atoms with E-state index in [9.17, 15) is 9.59 Å². The van der Waals surface area contributed by atoms with Crippen molar-refractivity contribution in [3.05, 3.63) is 28.7 Å². The molecule has 0 spiro atoms. The van der Waals surface area contributed by atoms with Gasteiger partial charge in [0.1, 0.15) is 0 Å². The molecular weight excluding hydrogens is 370 g/mol. The van der Waals surface area contributed by atoms with E-state index in [2.05, 4.69) is 22.9 Å². The second kappa shape index (κ2) is 7.23. The number of anilines is 1. The van der Waals surface area contributed by atoms with E-state index in [-0.39, 0.29) is 30.2 Å². The summed E-state index contributed by atoms with van der Waals surface area (Å²) in [5.41, 5.74) is 6.71. The summed E-state index contributed by atoms with van der Waals surface area (Å²) in [5.74, 6) is 0.423. The lowest BCUT2D eigenvalue weighted by atomic mass is 9.91. The highest BCUT2D eigenvalue weighted by Gasteiger charge is 2.40. The fourth-order valence-corrected chi connectivity index (χ4v) is 4.27. The van der Waals surface area contributed by atoms with Crippen LogP contribution in [0.15, 0.2) is 28.7 Å². The number of amides is 2. The summed E-state index contributed by atoms with van der Waals surface area (Å²) < 4.78 is 0.873. The Morgan fingerprint density at radius 2 is 2.12 bits per heavy atom. The third kappa shape index (κ3) is 3.35. The summed E-state index contributed by atoms with van der Waals surface area (Å²) in [7, 11) is 0. The van der Waals surface area contributed by atoms with Crippen molar-refractivity contribution in [2.24, 2.45) is 17.6 Å². The van der Waals surface area contributed by atoms with Crippen molar-refractivity contribution in [3.63, 3.8) is 0 Å². The Balaban J connectivity index is 1.73. The normalized spacial score (nSPS) is 27.6. The molecule has 3 unspecified atom stereocenters. The molecule has 2 aliphatic heterocycles. The van der Waals surface area contributed by atoms with Crippen LogP contribution in [0.25, 0.3) is 0 Å². The second-order valence-corrected chi connectivity index (χ2v) is 7.76. The molecule has 5 nitrogen and oxygen atoms in total. The number of likely N-dealkylation sites (tertiary alicyclic amines) is 1. The Hall–Kier alpha value is -1.40. The summed E-state index contributed by atoms with van der Waals surface area (Å²) in [5, 5.41) is 0. The van der Waals surface area contributed by atoms with Crippen LogP contribution < -0.4 is 10.6 Å². The predicted octanol–water partition coefficient (Wildman–Crippen LogP) is 2.39. The maximum atomic E-state index is 13.0. The van der Waals surface area contributed by atoms with Crippen LogP contribution in [0.5, 0.6) is 0 Å². The summed E-state index contributed by atoms with van der Waals surface area (Å²) >= 11 is 3.49. The van der Waals surface area contributed by atoms with Gasteiger partial charge in [0, 0.05) is 36.6 Å². The fourth-order valence-electron chi connectivity index (χ4n) is 3.78. The lowest BCUT2D eigenvalue weighted by molar-refractivity contribution is -0.139. The van der Waals surface area contributed by atoms with E-state index >= 15 is 0 Å². The van der Waals surface area contributed by atoms with Crippen molar-refractivity contribution < 1.29 is 9.59 Å². The van der Waals surface area contributed by atoms with Crippen molar-refractivity contribution >= 4 is 33.4 Å². The first kappa shape index (κ1) is 17.4. The number of hydrogen-bond donors (Lipinski definition) is 1. The van der Waals surface area contributed by atoms with Gasteiger partial charge in [0.05, 0.1) is 11.6 Å². The minimum absolute atomic E-state index is 0.00919. The topological polar surface area (TPSA) is 66.6 Å². The highest BCUT2D eigenvalue weighted by atomic mass is 79.9. The van der Waals surface area contributed by atoms with E-state index in [1.54, 1.807) is 4.90 Å². The Morgan fingerprint density at radius 3 is 2.83 bits per heavy atom. The lowest BCUT2D eigenvalue weighted by Gasteiger charge is -2.39. The molecule has 0 bridgehead atoms. The third-order valence-electron chi connectivity index (χ3n) is 5.15. The second-order valence-electron chi connectivity index (χ2n) is 6.91. The first-order valence-corrected chi connectivity index (χ1v) is 9.36. The molecule has 0 radical (unpaired) electrons. The number of carbonyl (C=O) groups excluding carboxylic acids is 2. The van der Waals surface area contributed by atoms with Gasteiger partial charge in [0.2, 0.25) is 11.8 Å². The average Bonchev–Trinajstić information content (AvgIpc) is 2.96. The molecule has 2 amide bonds. The van der Waals surface area contributed by atoms with Crippen molar-refractivity contribution in [1.29, 1.82) is 0 Å². The number of para-hydroxylation sites is 1. The molecule has 0 aromatic heterocycles. The van der Waals surface area contributed by atoms with Crippen molar-refractivity contribution in [2.45, 2.75) is 32.2 Å². The number of hydrogen-bond acceptors (Lipinski definition) is 3. The summed E-state index contributed by atoms with van der Waals surface area (Å²) in [6.45, 7) is 3.90. The van der Waals surface area contributed by atoms with Crippen LogP contribution in [0, 0.1) is 11.8 Å². The van der Waals surface area contributed by atoms with E-state index in [4.69, 9.17) is 5.73 Å². The van der Waals surface area contributed by atoms with Crippen LogP contribution in [0.1, 0.15) is 26.2 Å². The number of carbonyl (C=O) groups is 2. The molecule has 2 saturated heterocycles. The van der Waals surface area contributed by atoms with Gasteiger partial charge >= 0.3 is 0 Å². The highest BCUT2D eigenvalue weighted by molar-refractivity contribution is 9.10. The van der Waals surface area contributed by atoms with E-state index in [1.165, 1.54) is 0 Å². The fraction of sp³-hybridized carbons (Fsp3) is 0.556. The maximum Gasteiger partial charge on any atom is 0.228 e. The van der Waals surface area contributed by atoms with E-state index in [1.807, 2.05) is 29.2 Å². The van der Waals surface area contributed by atoms with Gasteiger partial charge in [-0.2, -0.15) is 0 Å². The molecule has 2 fully saturated rings. The molecule has 0 saturated carbocycles. The van der Waals surface area contributed by atoms with Crippen LogP contribution >= 0.6 is 15.9 Å². The van der Waals surface area contributed by atoms with Gasteiger partial charge in [0.25, 0.3) is 0 Å². The first-order chi connectivity index (χ1) is 11.5. The van der Waals surface area contributed by atoms with Gasteiger partial charge < -0.3 is 15.5 Å². The van der Waals surface area contributed by atoms with Gasteiger partial charge in [-0.3, -0.25) is 9.59 Å². The molecule has 3 rings (SSSR count). The number of nitrogens with two attached hydrogens (primary N) is 1. The summed E-state index contributed by atoms with van der Waals surface area (Å²) in [4.78, 5) is 29.0. The Bertz CT molecular complexity index is 636. The summed E-state index contributed by atoms with van der Waals surface area (Å²) in [6.07, 6.45) is 2.25. The van der Waals surface area contributed by atoms with Crippen LogP contribution in [0.4, 0.5) is 5.69 Å². The minimum Gasteiger partial charge on any atom is -0.338 e. The monoisotopic (exact) mass is 393 g/mol. The molecule has 130 valence electrons. The van der Waals surface area contributed by atoms with E-state index in [0.717, 1.165) is 29.5 Å². The molecule has 1 aromatic carbocycles. The van der Waals surface area contributed by atoms with Crippen LogP contribution in [-0.4, -0.2) is 42.4 Å². The third-order valence-corrected chi connectivity index (χ3v) is 5.82. The van der Waals surface area contributed by atoms with Gasteiger partial charge in [-0.25, -0.2) is 0 Å². The Labute approximate surface area is 151 Å². The molecule has 1 aromatic rings. The number of piperidine rings is 1. The zero-order valence-corrected chi connectivity index (χ0v) is 15.5. The molecule has 0 aliphatic carbocycles. The maximum absolute atomic E-state index is 13.0.